The minimum atomic E-state index is -1.99. The maximum absolute atomic E-state index is 16.0. The lowest BCUT2D eigenvalue weighted by Gasteiger charge is -2.37. The fourth-order valence-corrected chi connectivity index (χ4v) is 6.22. The monoisotopic (exact) mass is 635 g/mol. The van der Waals surface area contributed by atoms with Crippen molar-refractivity contribution in [2.24, 2.45) is 7.05 Å². The fourth-order valence-electron chi connectivity index (χ4n) is 5.18. The Balaban J connectivity index is 1.52. The molecule has 0 radical (unpaired) electrons. The van der Waals surface area contributed by atoms with Crippen molar-refractivity contribution in [1.29, 1.82) is 0 Å². The van der Waals surface area contributed by atoms with Crippen LogP contribution in [0.2, 0.25) is 18.1 Å². The Morgan fingerprint density at radius 2 is 1.89 bits per heavy atom. The van der Waals surface area contributed by atoms with Gasteiger partial charge in [-0.05, 0) is 36.7 Å². The lowest BCUT2D eigenvalue weighted by atomic mass is 10.1. The highest BCUT2D eigenvalue weighted by Gasteiger charge is 2.38. The van der Waals surface area contributed by atoms with Crippen LogP contribution in [0.1, 0.15) is 33.6 Å². The van der Waals surface area contributed by atoms with E-state index in [9.17, 15) is 4.79 Å². The summed E-state index contributed by atoms with van der Waals surface area (Å²) >= 11 is 0. The first-order chi connectivity index (χ1) is 21.3. The molecular formula is C32H42FN7O4Si. The van der Waals surface area contributed by atoms with Gasteiger partial charge in [0.05, 0.1) is 50.6 Å². The standard InChI is InChI=1S/C32H42FN7O4Si/c1-32(2,3)45(7,8)44-14-13-39-22(9-12-29(39)41)20-40(26-15-23(42-5)16-27(43-6)30(26)33)28-11-10-24-31(37-28)36-25(18-34-24)21-17-35-38(4)19-21/h10-11,15-19,22H,9,12-14,20H2,1-8H3. The first-order valence-electron chi connectivity index (χ1n) is 15.1. The van der Waals surface area contributed by atoms with Gasteiger partial charge in [-0.3, -0.25) is 14.5 Å². The third-order valence-electron chi connectivity index (χ3n) is 8.86. The van der Waals surface area contributed by atoms with E-state index in [2.05, 4.69) is 43.9 Å². The number of amides is 1. The van der Waals surface area contributed by atoms with Crippen LogP contribution >= 0.6 is 0 Å². The summed E-state index contributed by atoms with van der Waals surface area (Å²) in [5.41, 5.74) is 2.63. The van der Waals surface area contributed by atoms with Crippen molar-refractivity contribution < 1.29 is 23.1 Å². The highest BCUT2D eigenvalue weighted by Crippen LogP contribution is 2.39. The number of nitrogens with zero attached hydrogens (tertiary/aromatic N) is 7. The van der Waals surface area contributed by atoms with Crippen LogP contribution < -0.4 is 14.4 Å². The third-order valence-corrected chi connectivity index (χ3v) is 13.4. The summed E-state index contributed by atoms with van der Waals surface area (Å²) in [6, 6.07) is 6.50. The number of likely N-dealkylation sites (tertiary alicyclic amines) is 1. The molecule has 0 aliphatic carbocycles. The van der Waals surface area contributed by atoms with E-state index in [0.29, 0.717) is 54.4 Å². The molecule has 0 saturated carbocycles. The average molecular weight is 636 g/mol. The molecule has 45 heavy (non-hydrogen) atoms. The van der Waals surface area contributed by atoms with Gasteiger partial charge in [-0.1, -0.05) is 20.8 Å². The molecule has 3 aromatic heterocycles. The average Bonchev–Trinajstić information content (AvgIpc) is 3.59. The molecular weight excluding hydrogens is 593 g/mol. The van der Waals surface area contributed by atoms with Gasteiger partial charge in [0.15, 0.2) is 25.5 Å². The van der Waals surface area contributed by atoms with Crippen LogP contribution in [0, 0.1) is 5.82 Å². The molecule has 1 unspecified atom stereocenters. The second-order valence-corrected chi connectivity index (χ2v) is 17.6. The highest BCUT2D eigenvalue weighted by molar-refractivity contribution is 6.74. The predicted molar refractivity (Wildman–Crippen MR) is 174 cm³/mol. The second kappa shape index (κ2) is 12.7. The largest absolute Gasteiger partial charge is 0.497 e. The van der Waals surface area contributed by atoms with Crippen molar-refractivity contribution in [2.75, 3.05) is 38.8 Å². The van der Waals surface area contributed by atoms with Crippen molar-refractivity contribution in [3.63, 3.8) is 0 Å². The maximum atomic E-state index is 16.0. The van der Waals surface area contributed by atoms with E-state index in [-0.39, 0.29) is 35.0 Å². The smallest absolute Gasteiger partial charge is 0.223 e. The molecule has 11 nitrogen and oxygen atoms in total. The number of hydrogen-bond donors (Lipinski definition) is 0. The van der Waals surface area contributed by atoms with E-state index in [1.807, 2.05) is 24.2 Å². The van der Waals surface area contributed by atoms with E-state index in [1.165, 1.54) is 20.3 Å². The van der Waals surface area contributed by atoms with Crippen molar-refractivity contribution >= 4 is 36.9 Å². The number of rotatable bonds is 11. The quantitative estimate of drug-likeness (QED) is 0.191. The zero-order chi connectivity index (χ0) is 32.5. The molecule has 0 bridgehead atoms. The summed E-state index contributed by atoms with van der Waals surface area (Å²) in [6.07, 6.45) is 6.28. The zero-order valence-electron chi connectivity index (χ0n) is 27.3. The Labute approximate surface area is 264 Å². The van der Waals surface area contributed by atoms with E-state index in [1.54, 1.807) is 34.1 Å². The number of ether oxygens (including phenoxy) is 2. The van der Waals surface area contributed by atoms with Crippen LogP contribution in [0.4, 0.5) is 15.9 Å². The molecule has 240 valence electrons. The SMILES string of the molecule is COc1cc(OC)c(F)c(N(CC2CCC(=O)N2CCO[Si](C)(C)C(C)(C)C)c2ccc3ncc(-c4cnn(C)c4)nc3n2)c1. The number of hydrogen-bond acceptors (Lipinski definition) is 9. The van der Waals surface area contributed by atoms with Gasteiger partial charge in [0.25, 0.3) is 0 Å². The van der Waals surface area contributed by atoms with Crippen LogP contribution in [0.25, 0.3) is 22.4 Å². The molecule has 4 aromatic rings. The summed E-state index contributed by atoms with van der Waals surface area (Å²) < 4.78 is 35.0. The molecule has 1 aliphatic heterocycles. The molecule has 5 rings (SSSR count). The Hall–Kier alpha value is -4.10. The van der Waals surface area contributed by atoms with Gasteiger partial charge in [0.1, 0.15) is 17.1 Å². The predicted octanol–water partition coefficient (Wildman–Crippen LogP) is 5.73. The number of carbonyl (C=O) groups excluding carboxylic acids is 1. The molecule has 0 N–H and O–H groups in total. The summed E-state index contributed by atoms with van der Waals surface area (Å²) in [5.74, 6) is 0.408. The Bertz CT molecular complexity index is 1690. The number of methoxy groups -OCH3 is 2. The van der Waals surface area contributed by atoms with Crippen molar-refractivity contribution in [3.05, 3.63) is 48.7 Å². The van der Waals surface area contributed by atoms with E-state index in [0.717, 1.165) is 5.56 Å². The second-order valence-electron chi connectivity index (χ2n) is 12.8. The molecule has 1 amide bonds. The number of carbonyl (C=O) groups is 1. The Morgan fingerprint density at radius 3 is 2.56 bits per heavy atom. The number of halogens is 1. The Kier molecular flexibility index (Phi) is 9.13. The molecule has 4 heterocycles. The van der Waals surface area contributed by atoms with E-state index >= 15 is 4.39 Å². The van der Waals surface area contributed by atoms with Crippen LogP contribution in [0.15, 0.2) is 42.9 Å². The van der Waals surface area contributed by atoms with Gasteiger partial charge in [0, 0.05) is 50.5 Å². The van der Waals surface area contributed by atoms with Crippen LogP contribution in [-0.2, 0) is 16.3 Å². The highest BCUT2D eigenvalue weighted by atomic mass is 28.4. The topological polar surface area (TPSA) is 108 Å². The van der Waals surface area contributed by atoms with Gasteiger partial charge >= 0.3 is 0 Å². The van der Waals surface area contributed by atoms with Crippen LogP contribution in [0.3, 0.4) is 0 Å². The lowest BCUT2D eigenvalue weighted by molar-refractivity contribution is -0.129. The molecule has 13 heteroatoms. The van der Waals surface area contributed by atoms with Gasteiger partial charge < -0.3 is 23.7 Å². The van der Waals surface area contributed by atoms with Crippen molar-refractivity contribution in [1.82, 2.24) is 29.6 Å². The fraction of sp³-hybridized carbons (Fsp3) is 0.469. The number of pyridine rings is 1. The van der Waals surface area contributed by atoms with Crippen LogP contribution in [0.5, 0.6) is 11.5 Å². The van der Waals surface area contributed by atoms with Gasteiger partial charge in [-0.2, -0.15) is 5.10 Å². The Morgan fingerprint density at radius 1 is 1.11 bits per heavy atom. The summed E-state index contributed by atoms with van der Waals surface area (Å²) in [7, 11) is 2.77. The third kappa shape index (κ3) is 6.78. The molecule has 0 spiro atoms. The molecule has 1 aliphatic rings. The van der Waals surface area contributed by atoms with Gasteiger partial charge in [-0.25, -0.2) is 14.4 Å². The van der Waals surface area contributed by atoms with E-state index in [4.69, 9.17) is 23.9 Å². The normalized spacial score (nSPS) is 15.6. The minimum Gasteiger partial charge on any atom is -0.497 e. The summed E-state index contributed by atoms with van der Waals surface area (Å²) in [4.78, 5) is 30.9. The summed E-state index contributed by atoms with van der Waals surface area (Å²) in [6.45, 7) is 12.2. The number of fused-ring (bicyclic) bond motifs is 1. The molecule has 1 aromatic carbocycles. The molecule has 1 atom stereocenters. The van der Waals surface area contributed by atoms with Gasteiger partial charge in [0.2, 0.25) is 5.91 Å². The number of aryl methyl sites for hydroxylation is 1. The lowest BCUT2D eigenvalue weighted by Crippen LogP contribution is -2.46. The number of anilines is 2. The molecule has 1 fully saturated rings. The van der Waals surface area contributed by atoms with Crippen molar-refractivity contribution in [3.8, 4) is 22.8 Å². The van der Waals surface area contributed by atoms with Crippen molar-refractivity contribution in [2.45, 2.75) is 57.8 Å². The first-order valence-corrected chi connectivity index (χ1v) is 18.0. The minimum absolute atomic E-state index is 0.0379. The molecule has 1 saturated heterocycles. The zero-order valence-corrected chi connectivity index (χ0v) is 28.3. The maximum Gasteiger partial charge on any atom is 0.223 e. The van der Waals surface area contributed by atoms with E-state index < -0.39 is 14.1 Å². The first kappa shape index (κ1) is 32.3. The number of aromatic nitrogens is 5. The van der Waals surface area contributed by atoms with Crippen LogP contribution in [-0.4, -0.2) is 83.8 Å². The number of benzene rings is 1. The van der Waals surface area contributed by atoms with Gasteiger partial charge in [-0.15, -0.1) is 0 Å². The summed E-state index contributed by atoms with van der Waals surface area (Å²) in [5, 5.41) is 4.29.